The largest absolute Gasteiger partial charge is 0.480 e. The number of amides is 1. The first kappa shape index (κ1) is 18.6. The molecule has 2 N–H and O–H groups in total. The molecule has 122 valence electrons. The summed E-state index contributed by atoms with van der Waals surface area (Å²) in [5, 5.41) is 11.7. The zero-order valence-electron chi connectivity index (χ0n) is 13.3. The van der Waals surface area contributed by atoms with Gasteiger partial charge in [-0.25, -0.2) is 4.79 Å². The lowest BCUT2D eigenvalue weighted by Gasteiger charge is -2.21. The number of nitrogens with one attached hydrogen (secondary N) is 1. The monoisotopic (exact) mass is 371 g/mol. The number of halogens is 1. The van der Waals surface area contributed by atoms with E-state index in [2.05, 4.69) is 21.2 Å². The van der Waals surface area contributed by atoms with E-state index in [1.54, 1.807) is 18.2 Å². The normalized spacial score (nSPS) is 12.8. The second-order valence-corrected chi connectivity index (χ2v) is 6.93. The SMILES string of the molecule is Cc1ccc(C(=O)NC(CCOC(C)(C)C)C(=O)O)cc1Br. The van der Waals surface area contributed by atoms with Gasteiger partial charge in [0.25, 0.3) is 5.91 Å². The number of carbonyl (C=O) groups excluding carboxylic acids is 1. The van der Waals surface area contributed by atoms with Crippen LogP contribution in [0.1, 0.15) is 43.1 Å². The number of carboxylic acid groups (broad SMARTS) is 1. The third-order valence-corrected chi connectivity index (χ3v) is 3.83. The van der Waals surface area contributed by atoms with E-state index in [0.717, 1.165) is 10.0 Å². The quantitative estimate of drug-likeness (QED) is 0.805. The molecular formula is C16H22BrNO4. The van der Waals surface area contributed by atoms with Crippen LogP contribution in [0.4, 0.5) is 0 Å². The van der Waals surface area contributed by atoms with Crippen molar-refractivity contribution in [1.29, 1.82) is 0 Å². The zero-order valence-corrected chi connectivity index (χ0v) is 14.9. The van der Waals surface area contributed by atoms with Crippen LogP contribution in [0.25, 0.3) is 0 Å². The van der Waals surface area contributed by atoms with Gasteiger partial charge in [0.05, 0.1) is 5.60 Å². The molecule has 0 aliphatic heterocycles. The van der Waals surface area contributed by atoms with Gasteiger partial charge in [-0.3, -0.25) is 4.79 Å². The zero-order chi connectivity index (χ0) is 16.9. The van der Waals surface area contributed by atoms with Crippen molar-refractivity contribution in [1.82, 2.24) is 5.32 Å². The van der Waals surface area contributed by atoms with Crippen LogP contribution in [-0.2, 0) is 9.53 Å². The molecule has 1 aromatic carbocycles. The highest BCUT2D eigenvalue weighted by atomic mass is 79.9. The lowest BCUT2D eigenvalue weighted by Crippen LogP contribution is -2.42. The third kappa shape index (κ3) is 6.15. The molecule has 0 aliphatic carbocycles. The molecule has 1 amide bonds. The van der Waals surface area contributed by atoms with E-state index in [1.165, 1.54) is 0 Å². The predicted octanol–water partition coefficient (Wildman–Crippen LogP) is 3.15. The topological polar surface area (TPSA) is 75.6 Å². The minimum atomic E-state index is -1.07. The molecule has 0 fully saturated rings. The van der Waals surface area contributed by atoms with Crippen LogP contribution < -0.4 is 5.32 Å². The Morgan fingerprint density at radius 3 is 2.50 bits per heavy atom. The summed E-state index contributed by atoms with van der Waals surface area (Å²) in [4.78, 5) is 23.4. The summed E-state index contributed by atoms with van der Waals surface area (Å²) in [5.74, 6) is -1.49. The van der Waals surface area contributed by atoms with Crippen molar-refractivity contribution in [2.45, 2.75) is 45.8 Å². The fourth-order valence-electron chi connectivity index (χ4n) is 1.72. The first-order valence-electron chi connectivity index (χ1n) is 7.04. The van der Waals surface area contributed by atoms with E-state index in [4.69, 9.17) is 4.74 Å². The van der Waals surface area contributed by atoms with Crippen molar-refractivity contribution in [3.63, 3.8) is 0 Å². The lowest BCUT2D eigenvalue weighted by atomic mass is 10.1. The van der Waals surface area contributed by atoms with Crippen molar-refractivity contribution in [2.75, 3.05) is 6.61 Å². The van der Waals surface area contributed by atoms with E-state index < -0.39 is 17.9 Å². The van der Waals surface area contributed by atoms with Crippen LogP contribution in [0.2, 0.25) is 0 Å². The molecule has 0 aromatic heterocycles. The summed E-state index contributed by atoms with van der Waals surface area (Å²) in [7, 11) is 0. The van der Waals surface area contributed by atoms with Crippen molar-refractivity contribution in [2.24, 2.45) is 0 Å². The van der Waals surface area contributed by atoms with Gasteiger partial charge in [0.2, 0.25) is 0 Å². The van der Waals surface area contributed by atoms with Gasteiger partial charge in [-0.1, -0.05) is 22.0 Å². The van der Waals surface area contributed by atoms with E-state index in [1.807, 2.05) is 27.7 Å². The number of hydrogen-bond acceptors (Lipinski definition) is 3. The highest BCUT2D eigenvalue weighted by Gasteiger charge is 2.22. The number of carbonyl (C=O) groups is 2. The minimum absolute atomic E-state index is 0.214. The highest BCUT2D eigenvalue weighted by molar-refractivity contribution is 9.10. The van der Waals surface area contributed by atoms with E-state index >= 15 is 0 Å². The molecule has 22 heavy (non-hydrogen) atoms. The predicted molar refractivity (Wildman–Crippen MR) is 88.1 cm³/mol. The van der Waals surface area contributed by atoms with E-state index in [0.29, 0.717) is 5.56 Å². The van der Waals surface area contributed by atoms with Crippen LogP contribution in [0.3, 0.4) is 0 Å². The maximum absolute atomic E-state index is 12.1. The summed E-state index contributed by atoms with van der Waals surface area (Å²) in [6, 6.07) is 4.17. The molecule has 5 nitrogen and oxygen atoms in total. The number of benzene rings is 1. The van der Waals surface area contributed by atoms with Gasteiger partial charge in [0.1, 0.15) is 6.04 Å². The van der Waals surface area contributed by atoms with Crippen LogP contribution >= 0.6 is 15.9 Å². The second kappa shape index (κ2) is 7.74. The van der Waals surface area contributed by atoms with Crippen molar-refractivity contribution in [3.05, 3.63) is 33.8 Å². The summed E-state index contributed by atoms with van der Waals surface area (Å²) < 4.78 is 6.32. The molecule has 0 bridgehead atoms. The molecule has 1 atom stereocenters. The summed E-state index contributed by atoms with van der Waals surface area (Å²) in [6.45, 7) is 7.86. The Bertz CT molecular complexity index is 552. The smallest absolute Gasteiger partial charge is 0.326 e. The molecular weight excluding hydrogens is 350 g/mol. The molecule has 1 aromatic rings. The average Bonchev–Trinajstić information content (AvgIpc) is 2.39. The Balaban J connectivity index is 2.68. The van der Waals surface area contributed by atoms with Gasteiger partial charge < -0.3 is 15.2 Å². The molecule has 0 radical (unpaired) electrons. The third-order valence-electron chi connectivity index (χ3n) is 2.98. The van der Waals surface area contributed by atoms with Crippen LogP contribution in [0, 0.1) is 6.92 Å². The molecule has 0 saturated carbocycles. The number of ether oxygens (including phenoxy) is 1. The highest BCUT2D eigenvalue weighted by Crippen LogP contribution is 2.17. The van der Waals surface area contributed by atoms with Crippen LogP contribution in [0.5, 0.6) is 0 Å². The Labute approximate surface area is 139 Å². The first-order chi connectivity index (χ1) is 10.1. The molecule has 1 unspecified atom stereocenters. The molecule has 0 heterocycles. The van der Waals surface area contributed by atoms with Gasteiger partial charge in [0, 0.05) is 23.1 Å². The standard InChI is InChI=1S/C16H22BrNO4/c1-10-5-6-11(9-12(10)17)14(19)18-13(15(20)21)7-8-22-16(2,3)4/h5-6,9,13H,7-8H2,1-4H3,(H,18,19)(H,20,21). The van der Waals surface area contributed by atoms with Crippen LogP contribution in [0.15, 0.2) is 22.7 Å². The number of aryl methyl sites for hydroxylation is 1. The van der Waals surface area contributed by atoms with Crippen LogP contribution in [-0.4, -0.2) is 35.2 Å². The molecule has 6 heteroatoms. The Kier molecular flexibility index (Phi) is 6.56. The van der Waals surface area contributed by atoms with Gasteiger partial charge in [-0.15, -0.1) is 0 Å². The van der Waals surface area contributed by atoms with Crippen molar-refractivity contribution in [3.8, 4) is 0 Å². The molecule has 1 rings (SSSR count). The number of hydrogen-bond donors (Lipinski definition) is 2. The molecule has 0 spiro atoms. The maximum atomic E-state index is 12.1. The summed E-state index contributed by atoms with van der Waals surface area (Å²) in [5.41, 5.74) is 1.08. The lowest BCUT2D eigenvalue weighted by molar-refractivity contribution is -0.140. The average molecular weight is 372 g/mol. The Hall–Kier alpha value is -1.40. The maximum Gasteiger partial charge on any atom is 0.326 e. The van der Waals surface area contributed by atoms with Crippen molar-refractivity contribution < 1.29 is 19.4 Å². The Morgan fingerprint density at radius 1 is 1.36 bits per heavy atom. The van der Waals surface area contributed by atoms with E-state index in [-0.39, 0.29) is 18.6 Å². The van der Waals surface area contributed by atoms with Gasteiger partial charge >= 0.3 is 5.97 Å². The summed E-state index contributed by atoms with van der Waals surface area (Å²) >= 11 is 3.36. The number of rotatable bonds is 6. The molecule has 0 saturated heterocycles. The molecule has 0 aliphatic rings. The second-order valence-electron chi connectivity index (χ2n) is 6.08. The Morgan fingerprint density at radius 2 is 2.00 bits per heavy atom. The fourth-order valence-corrected chi connectivity index (χ4v) is 2.09. The number of carboxylic acids is 1. The van der Waals surface area contributed by atoms with E-state index in [9.17, 15) is 14.7 Å². The summed E-state index contributed by atoms with van der Waals surface area (Å²) in [6.07, 6.45) is 0.214. The van der Waals surface area contributed by atoms with Gasteiger partial charge in [-0.2, -0.15) is 0 Å². The number of aliphatic carboxylic acids is 1. The van der Waals surface area contributed by atoms with Gasteiger partial charge in [-0.05, 0) is 45.4 Å². The first-order valence-corrected chi connectivity index (χ1v) is 7.83. The fraction of sp³-hybridized carbons (Fsp3) is 0.500. The minimum Gasteiger partial charge on any atom is -0.480 e. The van der Waals surface area contributed by atoms with Crippen molar-refractivity contribution >= 4 is 27.8 Å². The van der Waals surface area contributed by atoms with Gasteiger partial charge in [0.15, 0.2) is 0 Å².